The molecular weight excluding hydrogens is 336 g/mol. The molecule has 0 atom stereocenters. The van der Waals surface area contributed by atoms with Gasteiger partial charge >= 0.3 is 5.91 Å². The first-order valence-corrected chi connectivity index (χ1v) is 7.67. The summed E-state index contributed by atoms with van der Waals surface area (Å²) in [5.74, 6) is 0.281. The van der Waals surface area contributed by atoms with Crippen LogP contribution in [-0.4, -0.2) is 36.3 Å². The van der Waals surface area contributed by atoms with Gasteiger partial charge in [0.05, 0.1) is 31.3 Å². The lowest BCUT2D eigenvalue weighted by Crippen LogP contribution is -2.24. The number of nitrogens with zero attached hydrogens (tertiary/aromatic N) is 2. The van der Waals surface area contributed by atoms with E-state index < -0.39 is 5.91 Å². The number of methoxy groups -OCH3 is 2. The van der Waals surface area contributed by atoms with Gasteiger partial charge in [-0.05, 0) is 24.3 Å². The molecule has 0 saturated heterocycles. The molecule has 26 heavy (non-hydrogen) atoms. The maximum Gasteiger partial charge on any atom is 0.307 e. The Morgan fingerprint density at radius 2 is 1.96 bits per heavy atom. The number of H-pyrrole nitrogens is 1. The second-order valence-electron chi connectivity index (χ2n) is 5.21. The van der Waals surface area contributed by atoms with E-state index in [4.69, 9.17) is 9.47 Å². The van der Waals surface area contributed by atoms with Crippen molar-refractivity contribution in [2.24, 2.45) is 5.10 Å². The molecule has 2 N–H and O–H groups in total. The van der Waals surface area contributed by atoms with Crippen LogP contribution in [0.4, 0.5) is 0 Å². The van der Waals surface area contributed by atoms with E-state index in [-0.39, 0.29) is 11.4 Å². The van der Waals surface area contributed by atoms with Crippen LogP contribution < -0.4 is 20.5 Å². The van der Waals surface area contributed by atoms with Gasteiger partial charge in [-0.3, -0.25) is 9.59 Å². The third-order valence-corrected chi connectivity index (χ3v) is 3.63. The zero-order valence-corrected chi connectivity index (χ0v) is 14.1. The largest absolute Gasteiger partial charge is 0.493 e. The topological polar surface area (TPSA) is 106 Å². The van der Waals surface area contributed by atoms with E-state index in [1.54, 1.807) is 42.5 Å². The van der Waals surface area contributed by atoms with Crippen molar-refractivity contribution in [1.29, 1.82) is 0 Å². The summed E-state index contributed by atoms with van der Waals surface area (Å²) in [5.41, 5.74) is 2.99. The van der Waals surface area contributed by atoms with E-state index in [9.17, 15) is 9.59 Å². The fourth-order valence-electron chi connectivity index (χ4n) is 2.42. The van der Waals surface area contributed by atoms with Gasteiger partial charge < -0.3 is 14.5 Å². The number of fused-ring (bicyclic) bond motifs is 1. The Hall–Kier alpha value is -3.68. The minimum atomic E-state index is -0.633. The van der Waals surface area contributed by atoms with Gasteiger partial charge in [0.15, 0.2) is 11.5 Å². The Bertz CT molecular complexity index is 1040. The van der Waals surface area contributed by atoms with Crippen LogP contribution >= 0.6 is 0 Å². The Morgan fingerprint density at radius 3 is 2.73 bits per heavy atom. The van der Waals surface area contributed by atoms with E-state index in [0.717, 1.165) is 0 Å². The lowest BCUT2D eigenvalue weighted by atomic mass is 10.2. The van der Waals surface area contributed by atoms with Crippen molar-refractivity contribution in [3.63, 3.8) is 0 Å². The summed E-state index contributed by atoms with van der Waals surface area (Å²) in [6.07, 6.45) is 1.42. The molecule has 0 aliphatic rings. The van der Waals surface area contributed by atoms with Crippen LogP contribution in [0.3, 0.4) is 0 Å². The normalized spacial score (nSPS) is 10.8. The van der Waals surface area contributed by atoms with Crippen molar-refractivity contribution in [3.05, 3.63) is 64.2 Å². The zero-order chi connectivity index (χ0) is 18.5. The minimum Gasteiger partial charge on any atom is -0.493 e. The van der Waals surface area contributed by atoms with Crippen molar-refractivity contribution >= 4 is 23.0 Å². The van der Waals surface area contributed by atoms with Crippen molar-refractivity contribution < 1.29 is 14.3 Å². The third kappa shape index (κ3) is 3.39. The van der Waals surface area contributed by atoms with Crippen molar-refractivity contribution in [2.45, 2.75) is 0 Å². The number of rotatable bonds is 5. The molecule has 0 bridgehead atoms. The molecule has 132 valence electrons. The Balaban J connectivity index is 1.81. The van der Waals surface area contributed by atoms with Crippen molar-refractivity contribution in [3.8, 4) is 11.5 Å². The molecule has 3 rings (SSSR count). The summed E-state index contributed by atoms with van der Waals surface area (Å²) in [5, 5.41) is 4.30. The van der Waals surface area contributed by atoms with Crippen molar-refractivity contribution in [1.82, 2.24) is 15.4 Å². The molecule has 1 heterocycles. The minimum absolute atomic E-state index is 0.122. The number of amides is 1. The number of benzene rings is 2. The molecule has 0 aliphatic carbocycles. The van der Waals surface area contributed by atoms with Crippen LogP contribution in [0.1, 0.15) is 16.2 Å². The van der Waals surface area contributed by atoms with E-state index in [0.29, 0.717) is 28.0 Å². The highest BCUT2D eigenvalue weighted by molar-refractivity contribution is 5.93. The lowest BCUT2D eigenvalue weighted by molar-refractivity contribution is 0.0945. The van der Waals surface area contributed by atoms with Gasteiger partial charge in [0.2, 0.25) is 5.82 Å². The van der Waals surface area contributed by atoms with Gasteiger partial charge in [0, 0.05) is 5.56 Å². The molecule has 1 amide bonds. The third-order valence-electron chi connectivity index (χ3n) is 3.63. The van der Waals surface area contributed by atoms with Gasteiger partial charge in [0.1, 0.15) is 0 Å². The molecule has 1 aromatic heterocycles. The maximum atomic E-state index is 12.2. The summed E-state index contributed by atoms with van der Waals surface area (Å²) >= 11 is 0. The molecular formula is C18H16N4O4. The molecule has 0 saturated carbocycles. The number of carbonyl (C=O) groups is 1. The number of para-hydroxylation sites is 2. The first-order chi connectivity index (χ1) is 12.6. The quantitative estimate of drug-likeness (QED) is 0.537. The van der Waals surface area contributed by atoms with Gasteiger partial charge in [0.25, 0.3) is 5.56 Å². The number of ether oxygens (including phenoxy) is 2. The van der Waals surface area contributed by atoms with Crippen LogP contribution in [0.15, 0.2) is 52.4 Å². The molecule has 0 spiro atoms. The molecule has 2 aromatic carbocycles. The predicted molar refractivity (Wildman–Crippen MR) is 97.0 cm³/mol. The van der Waals surface area contributed by atoms with Gasteiger partial charge in [-0.2, -0.15) is 5.10 Å². The van der Waals surface area contributed by atoms with E-state index in [2.05, 4.69) is 20.5 Å². The summed E-state index contributed by atoms with van der Waals surface area (Å²) in [4.78, 5) is 30.8. The molecule has 0 aliphatic heterocycles. The molecule has 3 aromatic rings. The fourth-order valence-corrected chi connectivity index (χ4v) is 2.42. The average Bonchev–Trinajstić information content (AvgIpc) is 2.67. The number of carbonyl (C=O) groups excluding carboxylic acids is 1. The molecule has 8 nitrogen and oxygen atoms in total. The summed E-state index contributed by atoms with van der Waals surface area (Å²) in [6, 6.07) is 12.0. The van der Waals surface area contributed by atoms with Crippen LogP contribution in [0, 0.1) is 0 Å². The molecule has 0 unspecified atom stereocenters. The van der Waals surface area contributed by atoms with Crippen LogP contribution in [-0.2, 0) is 0 Å². The van der Waals surface area contributed by atoms with E-state index >= 15 is 0 Å². The Morgan fingerprint density at radius 1 is 1.15 bits per heavy atom. The van der Waals surface area contributed by atoms with Crippen molar-refractivity contribution in [2.75, 3.05) is 14.2 Å². The fraction of sp³-hybridized carbons (Fsp3) is 0.111. The number of aromatic nitrogens is 2. The van der Waals surface area contributed by atoms with E-state index in [1.165, 1.54) is 20.4 Å². The monoisotopic (exact) mass is 352 g/mol. The Labute approximate surface area is 148 Å². The molecule has 0 fully saturated rings. The van der Waals surface area contributed by atoms with Gasteiger partial charge in [-0.1, -0.05) is 18.2 Å². The molecule has 8 heteroatoms. The number of hydrogen-bond donors (Lipinski definition) is 2. The summed E-state index contributed by atoms with van der Waals surface area (Å²) in [7, 11) is 3.04. The summed E-state index contributed by atoms with van der Waals surface area (Å²) < 4.78 is 10.5. The highest BCUT2D eigenvalue weighted by Crippen LogP contribution is 2.29. The number of nitrogens with one attached hydrogen (secondary N) is 2. The number of hydrazone groups is 1. The lowest BCUT2D eigenvalue weighted by Gasteiger charge is -2.09. The van der Waals surface area contributed by atoms with Crippen LogP contribution in [0.2, 0.25) is 0 Å². The highest BCUT2D eigenvalue weighted by atomic mass is 16.5. The molecule has 0 radical (unpaired) electrons. The second-order valence-corrected chi connectivity index (χ2v) is 5.21. The van der Waals surface area contributed by atoms with Crippen LogP contribution in [0.5, 0.6) is 11.5 Å². The first kappa shape index (κ1) is 17.2. The Kier molecular flexibility index (Phi) is 4.93. The average molecular weight is 352 g/mol. The predicted octanol–water partition coefficient (Wildman–Crippen LogP) is 1.70. The highest BCUT2D eigenvalue weighted by Gasteiger charge is 2.11. The number of aromatic amines is 1. The van der Waals surface area contributed by atoms with E-state index in [1.807, 2.05) is 0 Å². The maximum absolute atomic E-state index is 12.2. The SMILES string of the molecule is COc1cccc(/C=N/NC(=O)c2nc3ccccc3c(=O)[nH]2)c1OC. The summed E-state index contributed by atoms with van der Waals surface area (Å²) in [6.45, 7) is 0. The first-order valence-electron chi connectivity index (χ1n) is 7.67. The van der Waals surface area contributed by atoms with Gasteiger partial charge in [-0.15, -0.1) is 0 Å². The number of hydrogen-bond acceptors (Lipinski definition) is 6. The van der Waals surface area contributed by atoms with Crippen LogP contribution in [0.25, 0.3) is 10.9 Å². The smallest absolute Gasteiger partial charge is 0.307 e. The standard InChI is InChI=1S/C18H16N4O4/c1-25-14-9-5-6-11(15(14)26-2)10-19-22-18(24)16-20-13-8-4-3-7-12(13)17(23)21-16/h3-10H,1-2H3,(H,22,24)(H,20,21,23)/b19-10+. The second kappa shape index (κ2) is 7.47. The zero-order valence-electron chi connectivity index (χ0n) is 14.1. The van der Waals surface area contributed by atoms with Gasteiger partial charge in [-0.25, -0.2) is 10.4 Å².